The molecule has 0 bridgehead atoms. The predicted molar refractivity (Wildman–Crippen MR) is 107 cm³/mol. The minimum Gasteiger partial charge on any atom is -0.342 e. The Labute approximate surface area is 161 Å². The van der Waals surface area contributed by atoms with Crippen LogP contribution in [0.3, 0.4) is 0 Å². The molecule has 2 saturated heterocycles. The molecule has 1 atom stereocenters. The summed E-state index contributed by atoms with van der Waals surface area (Å²) < 4.78 is 0. The minimum absolute atomic E-state index is 0.0312. The third-order valence-corrected chi connectivity index (χ3v) is 6.89. The van der Waals surface area contributed by atoms with Crippen LogP contribution in [0.5, 0.6) is 0 Å². The Kier molecular flexibility index (Phi) is 6.28. The Morgan fingerprint density at radius 3 is 2.58 bits per heavy atom. The first kappa shape index (κ1) is 19.3. The number of benzene rings is 1. The SMILES string of the molecule is CSC(C)C(=O)N1CCC2(CC1)CC(=O)N(CCCc1ccccc1)C2. The lowest BCUT2D eigenvalue weighted by molar-refractivity contribution is -0.132. The maximum Gasteiger partial charge on any atom is 0.235 e. The monoisotopic (exact) mass is 374 g/mol. The number of amides is 2. The molecule has 0 saturated carbocycles. The largest absolute Gasteiger partial charge is 0.342 e. The van der Waals surface area contributed by atoms with Gasteiger partial charge in [0.05, 0.1) is 5.25 Å². The van der Waals surface area contributed by atoms with Crippen molar-refractivity contribution < 1.29 is 9.59 Å². The van der Waals surface area contributed by atoms with E-state index in [-0.39, 0.29) is 16.6 Å². The maximum absolute atomic E-state index is 12.5. The van der Waals surface area contributed by atoms with Crippen molar-refractivity contribution in [3.05, 3.63) is 35.9 Å². The summed E-state index contributed by atoms with van der Waals surface area (Å²) in [7, 11) is 0. The minimum atomic E-state index is 0.0312. The van der Waals surface area contributed by atoms with Gasteiger partial charge in [0, 0.05) is 38.0 Å². The molecule has 1 unspecified atom stereocenters. The average Bonchev–Trinajstić information content (AvgIpc) is 2.97. The number of hydrogen-bond acceptors (Lipinski definition) is 3. The highest BCUT2D eigenvalue weighted by molar-refractivity contribution is 7.99. The smallest absolute Gasteiger partial charge is 0.235 e. The topological polar surface area (TPSA) is 40.6 Å². The molecule has 1 aromatic carbocycles. The molecule has 3 rings (SSSR count). The zero-order chi connectivity index (χ0) is 18.6. The van der Waals surface area contributed by atoms with Crippen LogP contribution in [0, 0.1) is 5.41 Å². The summed E-state index contributed by atoms with van der Waals surface area (Å²) in [5.74, 6) is 0.548. The highest BCUT2D eigenvalue weighted by Crippen LogP contribution is 2.41. The Morgan fingerprint density at radius 2 is 1.92 bits per heavy atom. The van der Waals surface area contributed by atoms with E-state index in [0.717, 1.165) is 51.9 Å². The normalized spacial score (nSPS) is 20.6. The van der Waals surface area contributed by atoms with Crippen LogP contribution in [0.2, 0.25) is 0 Å². The van der Waals surface area contributed by atoms with Gasteiger partial charge in [-0.05, 0) is 44.4 Å². The molecule has 0 radical (unpaired) electrons. The lowest BCUT2D eigenvalue weighted by atomic mass is 9.77. The lowest BCUT2D eigenvalue weighted by Gasteiger charge is -2.39. The molecule has 2 aliphatic heterocycles. The third kappa shape index (κ3) is 4.43. The molecular formula is C21H30N2O2S. The summed E-state index contributed by atoms with van der Waals surface area (Å²) in [6, 6.07) is 10.5. The standard InChI is InChI=1S/C21H30N2O2S/c1-17(26-2)20(25)22-13-10-21(11-14-22)15-19(24)23(16-21)12-6-9-18-7-4-3-5-8-18/h3-5,7-8,17H,6,9-16H2,1-2H3. The van der Waals surface area contributed by atoms with E-state index in [2.05, 4.69) is 29.2 Å². The Balaban J connectivity index is 1.48. The summed E-state index contributed by atoms with van der Waals surface area (Å²) >= 11 is 1.60. The maximum atomic E-state index is 12.5. The van der Waals surface area contributed by atoms with E-state index in [1.54, 1.807) is 11.8 Å². The second-order valence-corrected chi connectivity index (χ2v) is 8.96. The van der Waals surface area contributed by atoms with E-state index < -0.39 is 0 Å². The van der Waals surface area contributed by atoms with Crippen LogP contribution in [0.15, 0.2) is 30.3 Å². The van der Waals surface area contributed by atoms with Gasteiger partial charge in [-0.25, -0.2) is 0 Å². The van der Waals surface area contributed by atoms with Crippen LogP contribution < -0.4 is 0 Å². The molecule has 2 aliphatic rings. The van der Waals surface area contributed by atoms with Gasteiger partial charge in [-0.3, -0.25) is 9.59 Å². The summed E-state index contributed by atoms with van der Waals surface area (Å²) in [5.41, 5.74) is 1.44. The van der Waals surface area contributed by atoms with Crippen LogP contribution in [0.4, 0.5) is 0 Å². The lowest BCUT2D eigenvalue weighted by Crippen LogP contribution is -2.46. The number of carbonyl (C=O) groups is 2. The van der Waals surface area contributed by atoms with Crippen LogP contribution in [-0.2, 0) is 16.0 Å². The van der Waals surface area contributed by atoms with Crippen LogP contribution in [0.1, 0.15) is 38.2 Å². The molecule has 2 heterocycles. The molecule has 4 nitrogen and oxygen atoms in total. The molecule has 0 aromatic heterocycles. The zero-order valence-electron chi connectivity index (χ0n) is 15.9. The summed E-state index contributed by atoms with van der Waals surface area (Å²) in [6.45, 7) is 5.30. The highest BCUT2D eigenvalue weighted by atomic mass is 32.2. The van der Waals surface area contributed by atoms with Crippen molar-refractivity contribution in [1.29, 1.82) is 0 Å². The van der Waals surface area contributed by atoms with E-state index >= 15 is 0 Å². The van der Waals surface area contributed by atoms with Crippen molar-refractivity contribution in [2.75, 3.05) is 32.4 Å². The van der Waals surface area contributed by atoms with Crippen LogP contribution in [0.25, 0.3) is 0 Å². The number of piperidine rings is 1. The van der Waals surface area contributed by atoms with Crippen molar-refractivity contribution in [2.45, 2.75) is 44.3 Å². The predicted octanol–water partition coefficient (Wildman–Crippen LogP) is 3.21. The van der Waals surface area contributed by atoms with Gasteiger partial charge in [-0.15, -0.1) is 0 Å². The molecule has 26 heavy (non-hydrogen) atoms. The van der Waals surface area contributed by atoms with Gasteiger partial charge in [0.2, 0.25) is 11.8 Å². The van der Waals surface area contributed by atoms with Gasteiger partial charge in [-0.1, -0.05) is 30.3 Å². The number of carbonyl (C=O) groups excluding carboxylic acids is 2. The Morgan fingerprint density at radius 1 is 1.23 bits per heavy atom. The number of nitrogens with zero attached hydrogens (tertiary/aromatic N) is 2. The molecule has 142 valence electrons. The highest BCUT2D eigenvalue weighted by Gasteiger charge is 2.45. The number of rotatable bonds is 6. The molecule has 2 fully saturated rings. The molecule has 5 heteroatoms. The first-order chi connectivity index (χ1) is 12.5. The summed E-state index contributed by atoms with van der Waals surface area (Å²) in [5, 5.41) is 0.0312. The molecular weight excluding hydrogens is 344 g/mol. The Hall–Kier alpha value is -1.49. The van der Waals surface area contributed by atoms with Crippen LogP contribution >= 0.6 is 11.8 Å². The van der Waals surface area contributed by atoms with Crippen molar-refractivity contribution in [3.63, 3.8) is 0 Å². The van der Waals surface area contributed by atoms with Crippen molar-refractivity contribution >= 4 is 23.6 Å². The van der Waals surface area contributed by atoms with E-state index in [1.165, 1.54) is 5.56 Å². The van der Waals surface area contributed by atoms with Gasteiger partial charge >= 0.3 is 0 Å². The van der Waals surface area contributed by atoms with Gasteiger partial charge < -0.3 is 9.80 Å². The van der Waals surface area contributed by atoms with E-state index in [1.807, 2.05) is 24.1 Å². The fraction of sp³-hybridized carbons (Fsp3) is 0.619. The Bertz CT molecular complexity index is 626. The van der Waals surface area contributed by atoms with Crippen LogP contribution in [-0.4, -0.2) is 59.3 Å². The zero-order valence-corrected chi connectivity index (χ0v) is 16.8. The second-order valence-electron chi connectivity index (χ2n) is 7.78. The van der Waals surface area contributed by atoms with Crippen molar-refractivity contribution in [2.24, 2.45) is 5.41 Å². The van der Waals surface area contributed by atoms with Crippen molar-refractivity contribution in [1.82, 2.24) is 9.80 Å². The van der Waals surface area contributed by atoms with E-state index in [0.29, 0.717) is 12.3 Å². The molecule has 1 spiro atoms. The molecule has 0 N–H and O–H groups in total. The van der Waals surface area contributed by atoms with E-state index in [4.69, 9.17) is 0 Å². The summed E-state index contributed by atoms with van der Waals surface area (Å²) in [4.78, 5) is 28.9. The fourth-order valence-corrected chi connectivity index (χ4v) is 4.55. The number of thioether (sulfide) groups is 1. The third-order valence-electron chi connectivity index (χ3n) is 5.98. The van der Waals surface area contributed by atoms with Crippen molar-refractivity contribution in [3.8, 4) is 0 Å². The summed E-state index contributed by atoms with van der Waals surface area (Å²) in [6.07, 6.45) is 6.60. The molecule has 1 aromatic rings. The number of aryl methyl sites for hydroxylation is 1. The first-order valence-electron chi connectivity index (χ1n) is 9.66. The second kappa shape index (κ2) is 8.47. The fourth-order valence-electron chi connectivity index (χ4n) is 4.20. The van der Waals surface area contributed by atoms with Gasteiger partial charge in [0.15, 0.2) is 0 Å². The van der Waals surface area contributed by atoms with Gasteiger partial charge in [0.1, 0.15) is 0 Å². The van der Waals surface area contributed by atoms with Gasteiger partial charge in [-0.2, -0.15) is 11.8 Å². The quantitative estimate of drug-likeness (QED) is 0.768. The average molecular weight is 375 g/mol. The number of hydrogen-bond donors (Lipinski definition) is 0. The molecule has 0 aliphatic carbocycles. The first-order valence-corrected chi connectivity index (χ1v) is 11.0. The van der Waals surface area contributed by atoms with E-state index in [9.17, 15) is 9.59 Å². The number of likely N-dealkylation sites (tertiary alicyclic amines) is 2. The van der Waals surface area contributed by atoms with Gasteiger partial charge in [0.25, 0.3) is 0 Å². The molecule has 2 amide bonds.